The standard InChI is InChI=1S/C20H22N2O4/c1-5-6-10-13-21-14(2)17(19(24)26-4)18(16-11-8-7-9-12-16)22(15(3)23)20(21)25/h7-9,11-12,18H,10,13H2,1-4H3. The number of allylic oxidation sites excluding steroid dienone is 1. The molecule has 136 valence electrons. The SMILES string of the molecule is CC#CCCN1C(=O)N(C(C)=O)C(c2ccccc2)C(C(=O)OC)=C1C. The molecule has 3 amide bonds. The van der Waals surface area contributed by atoms with Gasteiger partial charge < -0.3 is 4.74 Å². The zero-order chi connectivity index (χ0) is 19.3. The number of carbonyl (C=O) groups excluding carboxylic acids is 3. The lowest BCUT2D eigenvalue weighted by Crippen LogP contribution is -2.52. The van der Waals surface area contributed by atoms with Gasteiger partial charge in [0.1, 0.15) is 6.04 Å². The Kier molecular flexibility index (Phi) is 6.18. The molecule has 0 saturated carbocycles. The highest BCUT2D eigenvalue weighted by molar-refractivity contribution is 6.01. The number of nitrogens with zero attached hydrogens (tertiary/aromatic N) is 2. The van der Waals surface area contributed by atoms with E-state index in [1.807, 2.05) is 6.07 Å². The van der Waals surface area contributed by atoms with Crippen molar-refractivity contribution in [1.82, 2.24) is 9.80 Å². The first kappa shape index (κ1) is 19.3. The minimum Gasteiger partial charge on any atom is -0.466 e. The summed E-state index contributed by atoms with van der Waals surface area (Å²) in [4.78, 5) is 40.4. The Bertz CT molecular complexity index is 802. The Morgan fingerprint density at radius 3 is 2.42 bits per heavy atom. The van der Waals surface area contributed by atoms with Crippen LogP contribution in [0.1, 0.15) is 38.8 Å². The molecule has 1 aromatic carbocycles. The van der Waals surface area contributed by atoms with Crippen LogP contribution in [0.5, 0.6) is 0 Å². The van der Waals surface area contributed by atoms with E-state index >= 15 is 0 Å². The van der Waals surface area contributed by atoms with Crippen LogP contribution in [0.15, 0.2) is 41.6 Å². The van der Waals surface area contributed by atoms with E-state index < -0.39 is 23.9 Å². The first-order chi connectivity index (χ1) is 12.4. The van der Waals surface area contributed by atoms with Crippen molar-refractivity contribution >= 4 is 17.9 Å². The monoisotopic (exact) mass is 354 g/mol. The van der Waals surface area contributed by atoms with Gasteiger partial charge >= 0.3 is 12.0 Å². The molecule has 1 heterocycles. The van der Waals surface area contributed by atoms with E-state index in [2.05, 4.69) is 11.8 Å². The van der Waals surface area contributed by atoms with E-state index in [-0.39, 0.29) is 12.1 Å². The van der Waals surface area contributed by atoms with Crippen LogP contribution in [0.4, 0.5) is 4.79 Å². The average molecular weight is 354 g/mol. The van der Waals surface area contributed by atoms with E-state index in [4.69, 9.17) is 4.74 Å². The molecule has 0 aliphatic carbocycles. The van der Waals surface area contributed by atoms with Crippen molar-refractivity contribution in [3.63, 3.8) is 0 Å². The molecule has 6 nitrogen and oxygen atoms in total. The predicted octanol–water partition coefficient (Wildman–Crippen LogP) is 2.87. The highest BCUT2D eigenvalue weighted by Gasteiger charge is 2.43. The van der Waals surface area contributed by atoms with Crippen LogP contribution in [0, 0.1) is 11.8 Å². The number of imide groups is 1. The van der Waals surface area contributed by atoms with Crippen LogP contribution in [0.25, 0.3) is 0 Å². The summed E-state index contributed by atoms with van der Waals surface area (Å²) >= 11 is 0. The molecule has 0 N–H and O–H groups in total. The fourth-order valence-corrected chi connectivity index (χ4v) is 3.05. The summed E-state index contributed by atoms with van der Waals surface area (Å²) in [6.07, 6.45) is 0.440. The highest BCUT2D eigenvalue weighted by Crippen LogP contribution is 2.37. The van der Waals surface area contributed by atoms with Crippen molar-refractivity contribution in [1.29, 1.82) is 0 Å². The van der Waals surface area contributed by atoms with Gasteiger partial charge in [0.15, 0.2) is 0 Å². The third-order valence-corrected chi connectivity index (χ3v) is 4.26. The quantitative estimate of drug-likeness (QED) is 0.616. The molecule has 1 aliphatic heterocycles. The van der Waals surface area contributed by atoms with Gasteiger partial charge in [0.05, 0.1) is 12.7 Å². The molecule has 1 aromatic rings. The first-order valence-electron chi connectivity index (χ1n) is 8.29. The number of amides is 3. The van der Waals surface area contributed by atoms with Crippen molar-refractivity contribution < 1.29 is 19.1 Å². The number of ether oxygens (including phenoxy) is 1. The molecule has 0 fully saturated rings. The Morgan fingerprint density at radius 2 is 1.88 bits per heavy atom. The van der Waals surface area contributed by atoms with E-state index in [1.165, 1.54) is 18.9 Å². The van der Waals surface area contributed by atoms with Gasteiger partial charge in [-0.3, -0.25) is 14.6 Å². The molecule has 1 aliphatic rings. The lowest BCUT2D eigenvalue weighted by atomic mass is 9.93. The molecule has 2 rings (SSSR count). The molecule has 0 saturated heterocycles. The zero-order valence-corrected chi connectivity index (χ0v) is 15.4. The number of rotatable bonds is 4. The smallest absolute Gasteiger partial charge is 0.338 e. The highest BCUT2D eigenvalue weighted by atomic mass is 16.5. The second kappa shape index (κ2) is 8.34. The van der Waals surface area contributed by atoms with Crippen molar-refractivity contribution in [2.24, 2.45) is 0 Å². The number of hydrogen-bond donors (Lipinski definition) is 0. The number of hydrogen-bond acceptors (Lipinski definition) is 4. The van der Waals surface area contributed by atoms with Gasteiger partial charge in [-0.1, -0.05) is 30.3 Å². The minimum atomic E-state index is -0.817. The Labute approximate surface area is 153 Å². The summed E-state index contributed by atoms with van der Waals surface area (Å²) in [5.74, 6) is 4.66. The van der Waals surface area contributed by atoms with E-state index in [0.717, 1.165) is 4.90 Å². The molecule has 0 spiro atoms. The molecule has 0 aromatic heterocycles. The Balaban J connectivity index is 2.65. The molecular weight excluding hydrogens is 332 g/mol. The Morgan fingerprint density at radius 1 is 1.23 bits per heavy atom. The van der Waals surface area contributed by atoms with E-state index in [0.29, 0.717) is 17.7 Å². The van der Waals surface area contributed by atoms with Crippen LogP contribution in [-0.4, -0.2) is 41.4 Å². The lowest BCUT2D eigenvalue weighted by Gasteiger charge is -2.41. The van der Waals surface area contributed by atoms with Crippen LogP contribution in [-0.2, 0) is 14.3 Å². The summed E-state index contributed by atoms with van der Waals surface area (Å²) in [5, 5.41) is 0. The maximum absolute atomic E-state index is 13.0. The van der Waals surface area contributed by atoms with E-state index in [9.17, 15) is 14.4 Å². The minimum absolute atomic E-state index is 0.276. The number of methoxy groups -OCH3 is 1. The van der Waals surface area contributed by atoms with Gasteiger partial charge in [0, 0.05) is 25.6 Å². The topological polar surface area (TPSA) is 66.9 Å². The van der Waals surface area contributed by atoms with Gasteiger partial charge in [0.25, 0.3) is 0 Å². The summed E-state index contributed by atoms with van der Waals surface area (Å²) in [7, 11) is 1.28. The van der Waals surface area contributed by atoms with Crippen LogP contribution >= 0.6 is 0 Å². The normalized spacial score (nSPS) is 16.9. The third kappa shape index (κ3) is 3.62. The fourth-order valence-electron chi connectivity index (χ4n) is 3.05. The summed E-state index contributed by atoms with van der Waals surface area (Å²) < 4.78 is 4.95. The molecule has 1 atom stereocenters. The number of urea groups is 1. The molecule has 1 unspecified atom stereocenters. The van der Waals surface area contributed by atoms with Gasteiger partial charge in [-0.25, -0.2) is 9.59 Å². The summed E-state index contributed by atoms with van der Waals surface area (Å²) in [5.41, 5.74) is 1.42. The van der Waals surface area contributed by atoms with E-state index in [1.54, 1.807) is 38.1 Å². The number of carbonyl (C=O) groups is 3. The van der Waals surface area contributed by atoms with Crippen molar-refractivity contribution in [2.75, 3.05) is 13.7 Å². The lowest BCUT2D eigenvalue weighted by molar-refractivity contribution is -0.138. The number of benzene rings is 1. The molecule has 0 radical (unpaired) electrons. The zero-order valence-electron chi connectivity index (χ0n) is 15.4. The molecule has 0 bridgehead atoms. The average Bonchev–Trinajstić information content (AvgIpc) is 2.63. The van der Waals surface area contributed by atoms with Gasteiger partial charge in [-0.2, -0.15) is 0 Å². The number of esters is 1. The van der Waals surface area contributed by atoms with Gasteiger partial charge in [-0.15, -0.1) is 11.8 Å². The summed E-state index contributed by atoms with van der Waals surface area (Å²) in [6.45, 7) is 5.01. The second-order valence-corrected chi connectivity index (χ2v) is 5.80. The van der Waals surface area contributed by atoms with Crippen molar-refractivity contribution in [3.05, 3.63) is 47.2 Å². The maximum Gasteiger partial charge on any atom is 0.338 e. The van der Waals surface area contributed by atoms with Gasteiger partial charge in [0.2, 0.25) is 5.91 Å². The van der Waals surface area contributed by atoms with Gasteiger partial charge in [-0.05, 0) is 19.4 Å². The molecule has 26 heavy (non-hydrogen) atoms. The van der Waals surface area contributed by atoms with Crippen LogP contribution < -0.4 is 0 Å². The maximum atomic E-state index is 13.0. The molecular formula is C20H22N2O4. The van der Waals surface area contributed by atoms with Crippen LogP contribution in [0.3, 0.4) is 0 Å². The summed E-state index contributed by atoms with van der Waals surface area (Å²) in [6, 6.07) is 7.70. The van der Waals surface area contributed by atoms with Crippen LogP contribution in [0.2, 0.25) is 0 Å². The first-order valence-corrected chi connectivity index (χ1v) is 8.29. The third-order valence-electron chi connectivity index (χ3n) is 4.26. The van der Waals surface area contributed by atoms with Crippen molar-refractivity contribution in [2.45, 2.75) is 33.2 Å². The molecule has 6 heteroatoms. The second-order valence-electron chi connectivity index (χ2n) is 5.80. The Hall–Kier alpha value is -3.07. The largest absolute Gasteiger partial charge is 0.466 e. The predicted molar refractivity (Wildman–Crippen MR) is 96.6 cm³/mol. The fraction of sp³-hybridized carbons (Fsp3) is 0.350. The van der Waals surface area contributed by atoms with Crippen molar-refractivity contribution in [3.8, 4) is 11.8 Å².